The van der Waals surface area contributed by atoms with Crippen LogP contribution in [0.15, 0.2) is 0 Å². The molecule has 2 unspecified atom stereocenters. The van der Waals surface area contributed by atoms with E-state index in [1.165, 1.54) is 28.4 Å². The Morgan fingerprint density at radius 2 is 0.476 bits per heavy atom. The quantitative estimate of drug-likeness (QED) is 0.0252. The second-order valence-electron chi connectivity index (χ2n) is 13.2. The van der Waals surface area contributed by atoms with Crippen LogP contribution >= 0.6 is 31.3 Å². The van der Waals surface area contributed by atoms with Crippen LogP contribution in [0, 0.1) is 0 Å². The van der Waals surface area contributed by atoms with Crippen molar-refractivity contribution in [1.82, 2.24) is 0 Å². The van der Waals surface area contributed by atoms with Crippen molar-refractivity contribution in [3.8, 4) is 0 Å². The van der Waals surface area contributed by atoms with Gasteiger partial charge in [0.1, 0.15) is 73.2 Å². The van der Waals surface area contributed by atoms with Gasteiger partial charge in [-0.2, -0.15) is 0 Å². The van der Waals surface area contributed by atoms with Crippen molar-refractivity contribution in [3.63, 3.8) is 0 Å². The number of methoxy groups -OCH3 is 6. The highest BCUT2D eigenvalue weighted by Gasteiger charge is 2.59. The minimum atomic E-state index is -5.56. The van der Waals surface area contributed by atoms with Gasteiger partial charge in [0.2, 0.25) is 0 Å². The molecule has 0 radical (unpaired) electrons. The average molecular weight is 1010 g/mol. The topological polar surface area (TPSA) is 387 Å². The average Bonchev–Trinajstić information content (AvgIpc) is 3.17. The molecule has 12 atom stereocenters. The number of hydrogen-bond acceptors (Lipinski definition) is 21. The van der Waals surface area contributed by atoms with Gasteiger partial charge >= 0.3 is 31.3 Å². The second kappa shape index (κ2) is 29.1. The number of hydrogen-bond donors (Lipinski definition) is 8. The van der Waals surface area contributed by atoms with E-state index in [9.17, 15) is 57.4 Å². The summed E-state index contributed by atoms with van der Waals surface area (Å²) in [5, 5.41) is 0. The number of ether oxygens (including phenoxy) is 13. The predicted molar refractivity (Wildman–Crippen MR) is 206 cm³/mol. The molecule has 376 valence electrons. The predicted octanol–water partition coefficient (Wildman–Crippen LogP) is -2.13. The minimum Gasteiger partial charge on any atom is -0.382 e. The highest BCUT2D eigenvalue weighted by atomic mass is 31.2. The molecule has 2 fully saturated rings. The van der Waals surface area contributed by atoms with Crippen molar-refractivity contribution in [2.45, 2.75) is 73.2 Å². The van der Waals surface area contributed by atoms with Crippen molar-refractivity contribution in [2.24, 2.45) is 0 Å². The fourth-order valence-electron chi connectivity index (χ4n) is 6.75. The van der Waals surface area contributed by atoms with Crippen LogP contribution in [0.5, 0.6) is 0 Å². The first-order valence-electron chi connectivity index (χ1n) is 18.8. The van der Waals surface area contributed by atoms with Crippen LogP contribution in [0.25, 0.3) is 0 Å². The van der Waals surface area contributed by atoms with E-state index in [1.807, 2.05) is 0 Å². The molecule has 2 saturated carbocycles. The van der Waals surface area contributed by atoms with Crippen LogP contribution in [-0.2, 0) is 97.9 Å². The molecule has 8 N–H and O–H groups in total. The molecule has 2 rings (SSSR count). The van der Waals surface area contributed by atoms with E-state index in [1.54, 1.807) is 0 Å². The van der Waals surface area contributed by atoms with Gasteiger partial charge < -0.3 is 101 Å². The zero-order valence-electron chi connectivity index (χ0n) is 35.4. The molecule has 29 nitrogen and oxygen atoms in total. The van der Waals surface area contributed by atoms with E-state index in [2.05, 4.69) is 0 Å². The fourth-order valence-corrected chi connectivity index (χ4v) is 8.98. The molecule has 0 aromatic rings. The van der Waals surface area contributed by atoms with Gasteiger partial charge in [-0.25, -0.2) is 18.3 Å². The standard InChI is InChI=1S/C30H62O29P4/c1-43-7-9-49-11-16-53-24-21(47-5)23(22(48-6)25(29(24)58-62(37,38)39)54-17-12-50-10-8-44-2)52-15-13-51-14-18-55-26-27(56-60(31,32)33)19(45-3)20(46-4)28(57-61(34,35)36)30(26)59-63(40,41)42/h19-30H,7-18H2,1-6H3,(H2,31,32,33)(H2,34,35,36)(H2,37,38,39)(H2,40,41,42)/t19-,20-,21-,22+,23?,24+,25-,26+,27+,28+,29?,30+/m1/s1. The summed E-state index contributed by atoms with van der Waals surface area (Å²) in [6, 6.07) is 0. The SMILES string of the molecule is COCCOCCO[C@@H]1C(OP(=O)(O)O)[C@H](OCCOCCOC)[C@@H](OC)C(OCCOCCO[C@H]2[C@@H](OP(=O)(O)O)[C@H](OC)[C@@H](OC)[C@H](OP(=O)(O)O)[C@H]2OP(=O)(O)O)[C@H]1OC. The monoisotopic (exact) mass is 1010 g/mol. The van der Waals surface area contributed by atoms with Gasteiger partial charge in [0.05, 0.1) is 79.3 Å². The van der Waals surface area contributed by atoms with Crippen LogP contribution in [0.2, 0.25) is 0 Å². The summed E-state index contributed by atoms with van der Waals surface area (Å²) >= 11 is 0. The van der Waals surface area contributed by atoms with E-state index in [4.69, 9.17) is 79.7 Å². The smallest absolute Gasteiger partial charge is 0.382 e. The lowest BCUT2D eigenvalue weighted by Crippen LogP contribution is -2.67. The van der Waals surface area contributed by atoms with Crippen molar-refractivity contribution in [3.05, 3.63) is 0 Å². The normalized spacial score (nSPS) is 29.9. The molecule has 0 aromatic carbocycles. The lowest BCUT2D eigenvalue weighted by molar-refractivity contribution is -0.266. The Morgan fingerprint density at radius 3 is 0.730 bits per heavy atom. The molecule has 2 aliphatic rings. The Hall–Kier alpha value is -0.0800. The molecule has 0 saturated heterocycles. The van der Waals surface area contributed by atoms with Crippen LogP contribution in [0.1, 0.15) is 0 Å². The van der Waals surface area contributed by atoms with E-state index < -0.39 is 111 Å². The maximum atomic E-state index is 12.3. The van der Waals surface area contributed by atoms with Crippen molar-refractivity contribution in [2.75, 3.05) is 122 Å². The van der Waals surface area contributed by atoms with Gasteiger partial charge in [0.15, 0.2) is 0 Å². The Balaban J connectivity index is 2.30. The van der Waals surface area contributed by atoms with Crippen LogP contribution in [0.3, 0.4) is 0 Å². The fraction of sp³-hybridized carbons (Fsp3) is 1.00. The third-order valence-corrected chi connectivity index (χ3v) is 11.1. The van der Waals surface area contributed by atoms with Gasteiger partial charge in [-0.15, -0.1) is 0 Å². The Kier molecular flexibility index (Phi) is 27.2. The van der Waals surface area contributed by atoms with Gasteiger partial charge in [-0.1, -0.05) is 0 Å². The third kappa shape index (κ3) is 21.4. The lowest BCUT2D eigenvalue weighted by atomic mass is 9.84. The zero-order valence-corrected chi connectivity index (χ0v) is 38.9. The first kappa shape index (κ1) is 59.0. The Bertz CT molecular complexity index is 1410. The first-order valence-corrected chi connectivity index (χ1v) is 24.9. The second-order valence-corrected chi connectivity index (χ2v) is 18.0. The van der Waals surface area contributed by atoms with Crippen molar-refractivity contribution < 1.29 is 137 Å². The summed E-state index contributed by atoms with van der Waals surface area (Å²) in [5.41, 5.74) is 0. The minimum absolute atomic E-state index is 0.0442. The van der Waals surface area contributed by atoms with E-state index in [0.717, 1.165) is 14.2 Å². The summed E-state index contributed by atoms with van der Waals surface area (Å²) in [6.07, 6.45) is -18.9. The zero-order chi connectivity index (χ0) is 47.4. The largest absolute Gasteiger partial charge is 0.470 e. The molecule has 0 spiro atoms. The molecule has 0 aromatic heterocycles. The summed E-state index contributed by atoms with van der Waals surface area (Å²) in [6.45, 7) is -0.410. The van der Waals surface area contributed by atoms with Crippen molar-refractivity contribution >= 4 is 31.3 Å². The Morgan fingerprint density at radius 1 is 0.286 bits per heavy atom. The molecule has 0 amide bonds. The molecule has 33 heteroatoms. The maximum Gasteiger partial charge on any atom is 0.470 e. The summed E-state index contributed by atoms with van der Waals surface area (Å²) in [7, 11) is -14.1. The van der Waals surface area contributed by atoms with Gasteiger partial charge in [0, 0.05) is 42.7 Å². The van der Waals surface area contributed by atoms with Gasteiger partial charge in [-0.05, 0) is 0 Å². The van der Waals surface area contributed by atoms with E-state index in [0.29, 0.717) is 13.2 Å². The third-order valence-electron chi connectivity index (χ3n) is 9.03. The maximum absolute atomic E-state index is 12.3. The number of phosphoric acid groups is 4. The molecular weight excluding hydrogens is 948 g/mol. The van der Waals surface area contributed by atoms with Crippen LogP contribution in [0.4, 0.5) is 0 Å². The lowest BCUT2D eigenvalue weighted by Gasteiger charge is -2.48. The Labute approximate surface area is 363 Å². The first-order chi connectivity index (χ1) is 29.6. The van der Waals surface area contributed by atoms with Gasteiger partial charge in [0.25, 0.3) is 0 Å². The molecule has 0 aliphatic heterocycles. The van der Waals surface area contributed by atoms with Gasteiger partial charge in [-0.3, -0.25) is 18.1 Å². The van der Waals surface area contributed by atoms with E-state index >= 15 is 0 Å². The number of rotatable bonds is 34. The van der Waals surface area contributed by atoms with Crippen LogP contribution in [-0.4, -0.2) is 234 Å². The molecular formula is C30H62O29P4. The summed E-state index contributed by atoms with van der Waals surface area (Å²) < 4.78 is 140. The van der Waals surface area contributed by atoms with Crippen LogP contribution < -0.4 is 0 Å². The highest BCUT2D eigenvalue weighted by Crippen LogP contribution is 2.51. The highest BCUT2D eigenvalue weighted by molar-refractivity contribution is 7.47. The van der Waals surface area contributed by atoms with E-state index in [-0.39, 0.29) is 59.5 Å². The summed E-state index contributed by atoms with van der Waals surface area (Å²) in [5.74, 6) is 0. The molecule has 0 bridgehead atoms. The summed E-state index contributed by atoms with van der Waals surface area (Å²) in [4.78, 5) is 77.9. The van der Waals surface area contributed by atoms with Crippen molar-refractivity contribution in [1.29, 1.82) is 0 Å². The molecule has 0 heterocycles. The molecule has 2 aliphatic carbocycles. The number of phosphoric ester groups is 4. The molecule has 63 heavy (non-hydrogen) atoms.